The first kappa shape index (κ1) is 15.3. The van der Waals surface area contributed by atoms with Crippen molar-refractivity contribution in [1.29, 1.82) is 0 Å². The van der Waals surface area contributed by atoms with E-state index in [0.29, 0.717) is 4.90 Å². The summed E-state index contributed by atoms with van der Waals surface area (Å²) < 4.78 is 9.38. The molecule has 0 aliphatic carbocycles. The number of carbonyl (C=O) groups excluding carboxylic acids is 3. The Morgan fingerprint density at radius 3 is 2.43 bits per heavy atom. The highest BCUT2D eigenvalue weighted by Gasteiger charge is 2.57. The largest absolute Gasteiger partial charge is 0.432 e. The van der Waals surface area contributed by atoms with Crippen LogP contribution >= 0.6 is 23.2 Å². The molecule has 8 heteroatoms. The third kappa shape index (κ3) is 2.59. The van der Waals surface area contributed by atoms with Gasteiger partial charge in [0.05, 0.1) is 11.9 Å². The molecule has 2 amide bonds. The number of hydrogen-bond donors (Lipinski definition) is 0. The van der Waals surface area contributed by atoms with E-state index in [9.17, 15) is 14.4 Å². The average Bonchev–Trinajstić information content (AvgIpc) is 2.60. The second kappa shape index (κ2) is 5.38. The summed E-state index contributed by atoms with van der Waals surface area (Å²) >= 11 is 11.7. The summed E-state index contributed by atoms with van der Waals surface area (Å²) in [4.78, 5) is 36.7. The van der Waals surface area contributed by atoms with Crippen molar-refractivity contribution in [2.45, 2.75) is 12.5 Å². The maximum Gasteiger partial charge on any atom is 0.423 e. The number of hydrogen-bond acceptors (Lipinski definition) is 5. The van der Waals surface area contributed by atoms with Crippen LogP contribution in [-0.2, 0) is 19.1 Å². The van der Waals surface area contributed by atoms with E-state index >= 15 is 0 Å². The normalized spacial score (nSPS) is 21.2. The monoisotopic (exact) mass is 329 g/mol. The molecule has 1 aromatic carbocycles. The van der Waals surface area contributed by atoms with Crippen LogP contribution in [0.1, 0.15) is 6.92 Å². The predicted molar refractivity (Wildman–Crippen MR) is 75.1 cm³/mol. The minimum absolute atomic E-state index is 0.0950. The maximum absolute atomic E-state index is 12.3. The van der Waals surface area contributed by atoms with Crippen LogP contribution in [0.15, 0.2) is 31.0 Å². The van der Waals surface area contributed by atoms with Gasteiger partial charge in [-0.3, -0.25) is 4.79 Å². The maximum atomic E-state index is 12.3. The van der Waals surface area contributed by atoms with Crippen molar-refractivity contribution in [3.8, 4) is 0 Å². The third-order valence-electron chi connectivity index (χ3n) is 2.77. The highest BCUT2D eigenvalue weighted by Crippen LogP contribution is 2.33. The van der Waals surface area contributed by atoms with Gasteiger partial charge in [0, 0.05) is 10.0 Å². The van der Waals surface area contributed by atoms with Crippen LogP contribution < -0.4 is 4.90 Å². The molecule has 0 N–H and O–H groups in total. The van der Waals surface area contributed by atoms with Crippen molar-refractivity contribution in [3.63, 3.8) is 0 Å². The van der Waals surface area contributed by atoms with Gasteiger partial charge < -0.3 is 9.47 Å². The Labute approximate surface area is 129 Å². The fraction of sp³-hybridized carbons (Fsp3) is 0.154. The summed E-state index contributed by atoms with van der Waals surface area (Å²) in [7, 11) is 0. The van der Waals surface area contributed by atoms with Crippen molar-refractivity contribution >= 4 is 46.9 Å². The van der Waals surface area contributed by atoms with Gasteiger partial charge in [-0.05, 0) is 25.1 Å². The lowest BCUT2D eigenvalue weighted by Gasteiger charge is -2.16. The Kier molecular flexibility index (Phi) is 3.93. The smallest absolute Gasteiger partial charge is 0.423 e. The molecule has 1 fully saturated rings. The predicted octanol–water partition coefficient (Wildman–Crippen LogP) is 2.92. The lowest BCUT2D eigenvalue weighted by Crippen LogP contribution is -2.45. The summed E-state index contributed by atoms with van der Waals surface area (Å²) in [6.07, 6.45) is -0.185. The van der Waals surface area contributed by atoms with Crippen LogP contribution in [0.5, 0.6) is 0 Å². The number of cyclic esters (lactones) is 1. The second-order valence-electron chi connectivity index (χ2n) is 4.24. The number of nitrogens with zero attached hydrogens (tertiary/aromatic N) is 1. The number of esters is 1. The Balaban J connectivity index is 2.43. The number of halogens is 2. The van der Waals surface area contributed by atoms with Crippen LogP contribution in [0, 0.1) is 0 Å². The molecule has 2 rings (SSSR count). The number of imide groups is 1. The van der Waals surface area contributed by atoms with Crippen molar-refractivity contribution in [3.05, 3.63) is 41.1 Å². The van der Waals surface area contributed by atoms with Gasteiger partial charge in [0.1, 0.15) is 0 Å². The summed E-state index contributed by atoms with van der Waals surface area (Å²) in [5.41, 5.74) is -1.99. The molecule has 1 aromatic rings. The first-order valence-electron chi connectivity index (χ1n) is 5.65. The average molecular weight is 330 g/mol. The van der Waals surface area contributed by atoms with Gasteiger partial charge in [-0.2, -0.15) is 0 Å². The van der Waals surface area contributed by atoms with Crippen molar-refractivity contribution in [2.75, 3.05) is 4.90 Å². The first-order chi connectivity index (χ1) is 9.79. The van der Waals surface area contributed by atoms with E-state index in [0.717, 1.165) is 13.2 Å². The quantitative estimate of drug-likeness (QED) is 0.484. The number of benzene rings is 1. The number of rotatable bonds is 3. The minimum atomic E-state index is -2.08. The molecule has 6 nitrogen and oxygen atoms in total. The molecule has 1 atom stereocenters. The van der Waals surface area contributed by atoms with Gasteiger partial charge in [0.2, 0.25) is 0 Å². The molecule has 0 spiro atoms. The van der Waals surface area contributed by atoms with Gasteiger partial charge in [-0.15, -0.1) is 0 Å². The lowest BCUT2D eigenvalue weighted by molar-refractivity contribution is -0.159. The van der Waals surface area contributed by atoms with Crippen LogP contribution in [0.2, 0.25) is 10.0 Å². The zero-order chi connectivity index (χ0) is 15.8. The molecule has 1 heterocycles. The summed E-state index contributed by atoms with van der Waals surface area (Å²) in [6, 6.07) is 4.12. The SMILES string of the molecule is C=COC(=O)C1(C)OC(=O)N(c2cc(Cl)cc(Cl)c2)C1=O. The lowest BCUT2D eigenvalue weighted by atomic mass is 10.1. The Bertz CT molecular complexity index is 640. The fourth-order valence-corrected chi connectivity index (χ4v) is 2.28. The molecule has 1 saturated heterocycles. The van der Waals surface area contributed by atoms with E-state index < -0.39 is 23.6 Å². The molecule has 0 radical (unpaired) electrons. The van der Waals surface area contributed by atoms with E-state index in [1.54, 1.807) is 0 Å². The zero-order valence-electron chi connectivity index (χ0n) is 10.8. The van der Waals surface area contributed by atoms with Gasteiger partial charge in [-0.1, -0.05) is 29.8 Å². The number of carbonyl (C=O) groups is 3. The molecular formula is C13H9Cl2NO5. The Morgan fingerprint density at radius 2 is 1.90 bits per heavy atom. The highest BCUT2D eigenvalue weighted by molar-refractivity contribution is 6.36. The van der Waals surface area contributed by atoms with Crippen LogP contribution in [0.25, 0.3) is 0 Å². The van der Waals surface area contributed by atoms with Gasteiger partial charge in [0.15, 0.2) is 0 Å². The molecule has 1 aliphatic heterocycles. The molecule has 21 heavy (non-hydrogen) atoms. The van der Waals surface area contributed by atoms with E-state index in [4.69, 9.17) is 27.9 Å². The second-order valence-corrected chi connectivity index (χ2v) is 5.11. The molecular weight excluding hydrogens is 321 g/mol. The summed E-state index contributed by atoms with van der Waals surface area (Å²) in [5.74, 6) is -1.95. The zero-order valence-corrected chi connectivity index (χ0v) is 12.3. The fourth-order valence-electron chi connectivity index (χ4n) is 1.77. The minimum Gasteiger partial charge on any atom is -0.432 e. The first-order valence-corrected chi connectivity index (χ1v) is 6.41. The van der Waals surface area contributed by atoms with E-state index in [-0.39, 0.29) is 15.7 Å². The standard InChI is InChI=1S/C13H9Cl2NO5/c1-3-20-11(18)13(2)10(17)16(12(19)21-13)9-5-7(14)4-8(15)6-9/h3-6H,1H2,2H3. The van der Waals surface area contributed by atoms with Crippen molar-refractivity contribution in [1.82, 2.24) is 0 Å². The van der Waals surface area contributed by atoms with Crippen molar-refractivity contribution in [2.24, 2.45) is 0 Å². The number of ether oxygens (including phenoxy) is 2. The highest BCUT2D eigenvalue weighted by atomic mass is 35.5. The van der Waals surface area contributed by atoms with Crippen molar-refractivity contribution < 1.29 is 23.9 Å². The van der Waals surface area contributed by atoms with E-state index in [1.165, 1.54) is 18.2 Å². The third-order valence-corrected chi connectivity index (χ3v) is 3.21. The van der Waals surface area contributed by atoms with Crippen LogP contribution in [0.3, 0.4) is 0 Å². The van der Waals surface area contributed by atoms with Crippen LogP contribution in [-0.4, -0.2) is 23.6 Å². The van der Waals surface area contributed by atoms with E-state index in [1.807, 2.05) is 0 Å². The Morgan fingerprint density at radius 1 is 1.33 bits per heavy atom. The molecule has 0 aromatic heterocycles. The topological polar surface area (TPSA) is 72.9 Å². The molecule has 1 aliphatic rings. The summed E-state index contributed by atoms with van der Waals surface area (Å²) in [6.45, 7) is 4.33. The number of amides is 2. The molecule has 110 valence electrons. The molecule has 1 unspecified atom stereocenters. The van der Waals surface area contributed by atoms with Crippen LogP contribution in [0.4, 0.5) is 10.5 Å². The van der Waals surface area contributed by atoms with Gasteiger partial charge >= 0.3 is 12.1 Å². The molecule has 0 bridgehead atoms. The number of anilines is 1. The summed E-state index contributed by atoms with van der Waals surface area (Å²) in [5, 5.41) is 0.445. The Hall–Kier alpha value is -2.05. The van der Waals surface area contributed by atoms with Gasteiger partial charge in [-0.25, -0.2) is 14.5 Å². The van der Waals surface area contributed by atoms with E-state index in [2.05, 4.69) is 11.3 Å². The van der Waals surface area contributed by atoms with Gasteiger partial charge in [0.25, 0.3) is 11.5 Å². The molecule has 0 saturated carbocycles.